The first kappa shape index (κ1) is 23.2. The third-order valence-electron chi connectivity index (χ3n) is 5.71. The third-order valence-corrected chi connectivity index (χ3v) is 6.01. The van der Waals surface area contributed by atoms with Crippen LogP contribution < -0.4 is 20.1 Å². The van der Waals surface area contributed by atoms with Crippen LogP contribution in [0.3, 0.4) is 0 Å². The Bertz CT molecular complexity index is 1060. The van der Waals surface area contributed by atoms with Crippen molar-refractivity contribution in [3.63, 3.8) is 0 Å². The molecule has 2 aromatic rings. The van der Waals surface area contributed by atoms with Gasteiger partial charge in [0.25, 0.3) is 0 Å². The Morgan fingerprint density at radius 2 is 1.94 bits per heavy atom. The van der Waals surface area contributed by atoms with Crippen LogP contribution in [0.1, 0.15) is 57.6 Å². The molecule has 2 aromatic carbocycles. The van der Waals surface area contributed by atoms with E-state index in [0.29, 0.717) is 29.4 Å². The summed E-state index contributed by atoms with van der Waals surface area (Å²) in [5, 5.41) is 6.34. The predicted octanol–water partition coefficient (Wildman–Crippen LogP) is 4.76. The maximum Gasteiger partial charge on any atom is 0.344 e. The van der Waals surface area contributed by atoms with Crippen molar-refractivity contribution in [3.8, 4) is 11.5 Å². The average molecular weight is 473 g/mol. The molecule has 2 heterocycles. The summed E-state index contributed by atoms with van der Waals surface area (Å²) in [6.45, 7) is 7.23. The molecule has 1 spiro atoms. The average Bonchev–Trinajstić information content (AvgIpc) is 2.70. The molecular formula is C25H29ClN2O5. The van der Waals surface area contributed by atoms with Crippen molar-refractivity contribution < 1.29 is 23.8 Å². The lowest BCUT2D eigenvalue weighted by Crippen LogP contribution is -2.69. The van der Waals surface area contributed by atoms with E-state index in [0.717, 1.165) is 11.1 Å². The first-order chi connectivity index (χ1) is 15.6. The zero-order valence-corrected chi connectivity index (χ0v) is 20.0. The normalized spacial score (nSPS) is 23.2. The Balaban J connectivity index is 1.71. The zero-order chi connectivity index (χ0) is 23.8. The molecule has 1 fully saturated rings. The molecule has 0 unspecified atom stereocenters. The fourth-order valence-electron chi connectivity index (χ4n) is 4.66. The van der Waals surface area contributed by atoms with Crippen LogP contribution in [0.25, 0.3) is 0 Å². The molecular weight excluding hydrogens is 444 g/mol. The van der Waals surface area contributed by atoms with Gasteiger partial charge in [0.15, 0.2) is 12.3 Å². The topological polar surface area (TPSA) is 85.9 Å². The number of carbonyl (C=O) groups excluding carboxylic acids is 2. The van der Waals surface area contributed by atoms with Crippen LogP contribution in [-0.2, 0) is 9.53 Å². The number of carbonyl (C=O) groups is 2. The van der Waals surface area contributed by atoms with Crippen LogP contribution in [-0.4, -0.2) is 36.0 Å². The minimum absolute atomic E-state index is 0.0541. The Hall–Kier alpha value is -2.93. The number of fused-ring (bicyclic) bond motifs is 1. The van der Waals surface area contributed by atoms with Crippen molar-refractivity contribution in [2.75, 3.05) is 6.61 Å². The van der Waals surface area contributed by atoms with Gasteiger partial charge in [-0.2, -0.15) is 0 Å². The molecule has 4 rings (SSSR count). The number of amides is 2. The van der Waals surface area contributed by atoms with Gasteiger partial charge < -0.3 is 24.8 Å². The number of urea groups is 1. The van der Waals surface area contributed by atoms with E-state index in [4.69, 9.17) is 25.8 Å². The van der Waals surface area contributed by atoms with Crippen molar-refractivity contribution in [1.82, 2.24) is 10.6 Å². The van der Waals surface area contributed by atoms with Crippen molar-refractivity contribution in [3.05, 3.63) is 58.6 Å². The molecule has 0 aliphatic carbocycles. The molecule has 33 heavy (non-hydrogen) atoms. The quantitative estimate of drug-likeness (QED) is 0.612. The summed E-state index contributed by atoms with van der Waals surface area (Å²) in [6, 6.07) is 13.3. The number of rotatable bonds is 5. The van der Waals surface area contributed by atoms with Gasteiger partial charge in [-0.1, -0.05) is 41.9 Å². The molecule has 0 bridgehead atoms. The highest BCUT2D eigenvalue weighted by Crippen LogP contribution is 2.49. The maximum atomic E-state index is 12.5. The molecule has 2 amide bonds. The Kier molecular flexibility index (Phi) is 6.18. The fraction of sp³-hybridized carbons (Fsp3) is 0.440. The largest absolute Gasteiger partial charge is 0.480 e. The number of ether oxygens (including phenoxy) is 3. The minimum atomic E-state index is -0.902. The summed E-state index contributed by atoms with van der Waals surface area (Å²) in [4.78, 5) is 24.4. The summed E-state index contributed by atoms with van der Waals surface area (Å²) in [7, 11) is 0. The summed E-state index contributed by atoms with van der Waals surface area (Å²) in [5.74, 6) is 0.344. The number of halogens is 1. The van der Waals surface area contributed by atoms with E-state index in [1.807, 2.05) is 38.1 Å². The number of hydrogen-bond donors (Lipinski definition) is 2. The van der Waals surface area contributed by atoms with Gasteiger partial charge in [0.05, 0.1) is 11.1 Å². The molecule has 2 atom stereocenters. The second-order valence-corrected chi connectivity index (χ2v) is 9.96. The molecule has 2 aliphatic rings. The van der Waals surface area contributed by atoms with E-state index >= 15 is 0 Å². The lowest BCUT2D eigenvalue weighted by atomic mass is 9.77. The number of benzene rings is 2. The fourth-order valence-corrected chi connectivity index (χ4v) is 4.89. The van der Waals surface area contributed by atoms with Crippen LogP contribution in [0.4, 0.5) is 4.79 Å². The first-order valence-corrected chi connectivity index (χ1v) is 11.4. The lowest BCUT2D eigenvalue weighted by molar-refractivity contribution is -0.149. The van der Waals surface area contributed by atoms with E-state index in [9.17, 15) is 9.59 Å². The van der Waals surface area contributed by atoms with Gasteiger partial charge in [-0.15, -0.1) is 0 Å². The van der Waals surface area contributed by atoms with E-state index in [2.05, 4.69) is 22.8 Å². The second-order valence-electron chi connectivity index (χ2n) is 9.55. The molecule has 176 valence electrons. The van der Waals surface area contributed by atoms with Crippen LogP contribution in [0.2, 0.25) is 5.02 Å². The zero-order valence-electron chi connectivity index (χ0n) is 19.2. The van der Waals surface area contributed by atoms with E-state index in [1.54, 1.807) is 19.9 Å². The molecule has 0 saturated carbocycles. The van der Waals surface area contributed by atoms with E-state index in [1.165, 1.54) is 0 Å². The smallest absolute Gasteiger partial charge is 0.344 e. The first-order valence-electron chi connectivity index (χ1n) is 11.1. The van der Waals surface area contributed by atoms with Gasteiger partial charge in [-0.3, -0.25) is 0 Å². The number of nitrogens with one attached hydrogen (secondary N) is 2. The van der Waals surface area contributed by atoms with E-state index in [-0.39, 0.29) is 24.7 Å². The van der Waals surface area contributed by atoms with Gasteiger partial charge in [-0.25, -0.2) is 9.59 Å². The highest BCUT2D eigenvalue weighted by atomic mass is 35.5. The minimum Gasteiger partial charge on any atom is -0.480 e. The van der Waals surface area contributed by atoms with Crippen molar-refractivity contribution in [1.29, 1.82) is 0 Å². The standard InChI is InChI=1S/C25H29ClN2O5/c1-15(2)32-22(29)13-31-21-11-20-17(10-19(21)26)18(16-8-6-5-7-9-16)12-25(33-20)14-24(3,4)27-23(30)28-25/h5-11,15,18H,12-14H2,1-4H3,(H2,27,28,30)/t18-,25-/m0/s1. The highest BCUT2D eigenvalue weighted by molar-refractivity contribution is 6.32. The number of esters is 1. The van der Waals surface area contributed by atoms with Gasteiger partial charge in [-0.05, 0) is 39.3 Å². The molecule has 0 aromatic heterocycles. The Morgan fingerprint density at radius 1 is 1.21 bits per heavy atom. The SMILES string of the molecule is CC(C)OC(=O)COc1cc2c(cc1Cl)[C@H](c1ccccc1)C[C@@]1(CC(C)(C)NC(=O)N1)O2. The Morgan fingerprint density at radius 3 is 2.61 bits per heavy atom. The summed E-state index contributed by atoms with van der Waals surface area (Å²) >= 11 is 6.54. The molecule has 1 saturated heterocycles. The van der Waals surface area contributed by atoms with Crippen LogP contribution in [0.5, 0.6) is 11.5 Å². The number of hydrogen-bond acceptors (Lipinski definition) is 5. The van der Waals surface area contributed by atoms with Gasteiger partial charge in [0.2, 0.25) is 0 Å². The monoisotopic (exact) mass is 472 g/mol. The summed E-state index contributed by atoms with van der Waals surface area (Å²) in [6.07, 6.45) is 0.883. The Labute approximate surface area is 198 Å². The van der Waals surface area contributed by atoms with Gasteiger partial charge in [0.1, 0.15) is 11.5 Å². The summed E-state index contributed by atoms with van der Waals surface area (Å²) in [5.41, 5.74) is 0.644. The van der Waals surface area contributed by atoms with Crippen molar-refractivity contribution in [2.24, 2.45) is 0 Å². The van der Waals surface area contributed by atoms with Crippen LogP contribution in [0, 0.1) is 0 Å². The molecule has 2 aliphatic heterocycles. The third kappa shape index (κ3) is 5.19. The molecule has 2 N–H and O–H groups in total. The van der Waals surface area contributed by atoms with E-state index < -0.39 is 17.2 Å². The van der Waals surface area contributed by atoms with Gasteiger partial charge >= 0.3 is 12.0 Å². The maximum absolute atomic E-state index is 12.5. The van der Waals surface area contributed by atoms with Crippen molar-refractivity contribution in [2.45, 2.75) is 63.8 Å². The van der Waals surface area contributed by atoms with Crippen LogP contribution >= 0.6 is 11.6 Å². The van der Waals surface area contributed by atoms with Crippen molar-refractivity contribution >= 4 is 23.6 Å². The highest BCUT2D eigenvalue weighted by Gasteiger charge is 2.49. The molecule has 0 radical (unpaired) electrons. The molecule has 8 heteroatoms. The second kappa shape index (κ2) is 8.78. The van der Waals surface area contributed by atoms with Crippen LogP contribution in [0.15, 0.2) is 42.5 Å². The lowest BCUT2D eigenvalue weighted by Gasteiger charge is -2.49. The summed E-state index contributed by atoms with van der Waals surface area (Å²) < 4.78 is 17.2. The molecule has 7 nitrogen and oxygen atoms in total. The van der Waals surface area contributed by atoms with Gasteiger partial charge in [0, 0.05) is 35.9 Å². The predicted molar refractivity (Wildman–Crippen MR) is 125 cm³/mol.